The van der Waals surface area contributed by atoms with E-state index in [9.17, 15) is 4.79 Å². The molecule has 0 spiro atoms. The number of ether oxygens (including phenoxy) is 1. The van der Waals surface area contributed by atoms with Crippen molar-refractivity contribution in [2.24, 2.45) is 5.73 Å². The summed E-state index contributed by atoms with van der Waals surface area (Å²) in [5, 5.41) is 0. The molecule has 3 rings (SSSR count). The van der Waals surface area contributed by atoms with Crippen molar-refractivity contribution in [1.29, 1.82) is 0 Å². The average molecular weight is 288 g/mol. The first-order valence-corrected chi connectivity index (χ1v) is 7.91. The molecule has 4 nitrogen and oxygen atoms in total. The van der Waals surface area contributed by atoms with E-state index < -0.39 is 0 Å². The molecule has 1 aromatic rings. The second-order valence-corrected chi connectivity index (χ2v) is 6.18. The zero-order valence-electron chi connectivity index (χ0n) is 12.6. The first-order valence-electron chi connectivity index (χ1n) is 7.91. The molecule has 2 atom stereocenters. The molecule has 2 N–H and O–H groups in total. The van der Waals surface area contributed by atoms with E-state index >= 15 is 0 Å². The van der Waals surface area contributed by atoms with E-state index in [-0.39, 0.29) is 18.0 Å². The van der Waals surface area contributed by atoms with Gasteiger partial charge in [-0.2, -0.15) is 0 Å². The van der Waals surface area contributed by atoms with Crippen LogP contribution in [0.2, 0.25) is 0 Å². The maximum Gasteiger partial charge on any atom is 0.225 e. The number of carbonyl (C=O) groups is 1. The molecule has 1 amide bonds. The molecule has 0 aromatic heterocycles. The van der Waals surface area contributed by atoms with Crippen LogP contribution in [-0.4, -0.2) is 30.0 Å². The lowest BCUT2D eigenvalue weighted by atomic mass is 9.92. The third-order valence-electron chi connectivity index (χ3n) is 4.81. The third kappa shape index (κ3) is 2.77. The van der Waals surface area contributed by atoms with Crippen molar-refractivity contribution < 1.29 is 9.53 Å². The molecule has 1 heterocycles. The number of rotatable bonds is 3. The fraction of sp³-hybridized carbons (Fsp3) is 0.588. The Bertz CT molecular complexity index is 511. The van der Waals surface area contributed by atoms with E-state index in [1.165, 1.54) is 19.3 Å². The number of likely N-dealkylation sites (tertiary alicyclic amines) is 1. The Hall–Kier alpha value is -1.55. The Labute approximate surface area is 126 Å². The molecular weight excluding hydrogens is 264 g/mol. The van der Waals surface area contributed by atoms with Gasteiger partial charge in [0.1, 0.15) is 5.75 Å². The normalized spacial score (nSPS) is 27.1. The third-order valence-corrected chi connectivity index (χ3v) is 4.81. The van der Waals surface area contributed by atoms with Crippen molar-refractivity contribution in [3.63, 3.8) is 0 Å². The summed E-state index contributed by atoms with van der Waals surface area (Å²) in [4.78, 5) is 14.5. The molecule has 4 heteroatoms. The fourth-order valence-corrected chi connectivity index (χ4v) is 3.80. The van der Waals surface area contributed by atoms with Gasteiger partial charge in [0.15, 0.2) is 0 Å². The number of methoxy groups -OCH3 is 1. The summed E-state index contributed by atoms with van der Waals surface area (Å²) in [6.07, 6.45) is 6.40. The van der Waals surface area contributed by atoms with Crippen LogP contribution < -0.4 is 10.5 Å². The predicted octanol–water partition coefficient (Wildman–Crippen LogP) is 2.63. The topological polar surface area (TPSA) is 55.6 Å². The maximum atomic E-state index is 12.4. The van der Waals surface area contributed by atoms with Gasteiger partial charge in [0.05, 0.1) is 13.2 Å². The molecule has 1 aromatic carbocycles. The van der Waals surface area contributed by atoms with Crippen molar-refractivity contribution in [3.05, 3.63) is 29.8 Å². The van der Waals surface area contributed by atoms with Gasteiger partial charge in [-0.05, 0) is 30.5 Å². The molecule has 21 heavy (non-hydrogen) atoms. The van der Waals surface area contributed by atoms with E-state index in [2.05, 4.69) is 11.0 Å². The zero-order chi connectivity index (χ0) is 14.8. The molecule has 2 unspecified atom stereocenters. The minimum atomic E-state index is -0.119. The molecule has 2 aliphatic rings. The summed E-state index contributed by atoms with van der Waals surface area (Å²) in [6, 6.07) is 8.21. The van der Waals surface area contributed by atoms with Crippen molar-refractivity contribution >= 4 is 5.91 Å². The number of hydrogen-bond acceptors (Lipinski definition) is 3. The van der Waals surface area contributed by atoms with Gasteiger partial charge in [-0.1, -0.05) is 31.4 Å². The van der Waals surface area contributed by atoms with Gasteiger partial charge in [0.2, 0.25) is 5.91 Å². The highest BCUT2D eigenvalue weighted by atomic mass is 16.5. The van der Waals surface area contributed by atoms with Crippen LogP contribution in [0.5, 0.6) is 5.75 Å². The van der Waals surface area contributed by atoms with E-state index in [1.807, 2.05) is 18.2 Å². The zero-order valence-corrected chi connectivity index (χ0v) is 12.6. The Morgan fingerprint density at radius 3 is 2.71 bits per heavy atom. The summed E-state index contributed by atoms with van der Waals surface area (Å²) in [5.41, 5.74) is 7.38. The molecule has 1 aliphatic heterocycles. The van der Waals surface area contributed by atoms with E-state index in [0.717, 1.165) is 24.2 Å². The van der Waals surface area contributed by atoms with Gasteiger partial charge < -0.3 is 15.4 Å². The monoisotopic (exact) mass is 288 g/mol. The second kappa shape index (κ2) is 6.06. The summed E-state index contributed by atoms with van der Waals surface area (Å²) in [5.74, 6) is 1.03. The average Bonchev–Trinajstić information content (AvgIpc) is 2.82. The van der Waals surface area contributed by atoms with Crippen molar-refractivity contribution in [3.8, 4) is 5.75 Å². The van der Waals surface area contributed by atoms with Gasteiger partial charge in [-0.25, -0.2) is 0 Å². The highest BCUT2D eigenvalue weighted by molar-refractivity contribution is 5.80. The highest BCUT2D eigenvalue weighted by Gasteiger charge is 2.42. The molecule has 1 saturated heterocycles. The van der Waals surface area contributed by atoms with Gasteiger partial charge in [0.25, 0.3) is 0 Å². The standard InChI is InChI=1S/C17H24N2O2/c1-21-14-9-5-6-12(10-14)17-15(18)11-16(20)19(17)13-7-3-2-4-8-13/h5-6,9-10,13,15,17H,2-4,7-8,11,18H2,1H3. The summed E-state index contributed by atoms with van der Waals surface area (Å²) in [7, 11) is 1.66. The van der Waals surface area contributed by atoms with Crippen LogP contribution in [0.25, 0.3) is 0 Å². The Balaban J connectivity index is 1.90. The molecular formula is C17H24N2O2. The number of benzene rings is 1. The largest absolute Gasteiger partial charge is 0.497 e. The van der Waals surface area contributed by atoms with E-state index in [1.54, 1.807) is 7.11 Å². The molecule has 1 aliphatic carbocycles. The van der Waals surface area contributed by atoms with Gasteiger partial charge in [0, 0.05) is 18.5 Å². The number of nitrogens with two attached hydrogens (primary N) is 1. The van der Waals surface area contributed by atoms with Crippen molar-refractivity contribution in [1.82, 2.24) is 4.90 Å². The van der Waals surface area contributed by atoms with Gasteiger partial charge >= 0.3 is 0 Å². The van der Waals surface area contributed by atoms with Crippen LogP contribution in [0.15, 0.2) is 24.3 Å². The minimum Gasteiger partial charge on any atom is -0.497 e. The Morgan fingerprint density at radius 1 is 1.24 bits per heavy atom. The summed E-state index contributed by atoms with van der Waals surface area (Å²) >= 11 is 0. The van der Waals surface area contributed by atoms with Crippen LogP contribution in [0.3, 0.4) is 0 Å². The molecule has 114 valence electrons. The van der Waals surface area contributed by atoms with Crippen LogP contribution in [0.1, 0.15) is 50.1 Å². The molecule has 1 saturated carbocycles. The quantitative estimate of drug-likeness (QED) is 0.930. The minimum absolute atomic E-state index is 0.00398. The van der Waals surface area contributed by atoms with Crippen LogP contribution in [-0.2, 0) is 4.79 Å². The summed E-state index contributed by atoms with van der Waals surface area (Å²) in [6.45, 7) is 0. The smallest absolute Gasteiger partial charge is 0.225 e. The Morgan fingerprint density at radius 2 is 2.00 bits per heavy atom. The van der Waals surface area contributed by atoms with Crippen LogP contribution in [0.4, 0.5) is 0 Å². The first-order chi connectivity index (χ1) is 10.2. The fourth-order valence-electron chi connectivity index (χ4n) is 3.80. The highest BCUT2D eigenvalue weighted by Crippen LogP contribution is 2.38. The lowest BCUT2D eigenvalue weighted by Crippen LogP contribution is -2.41. The van der Waals surface area contributed by atoms with Crippen LogP contribution >= 0.6 is 0 Å². The number of carbonyl (C=O) groups excluding carboxylic acids is 1. The second-order valence-electron chi connectivity index (χ2n) is 6.18. The van der Waals surface area contributed by atoms with E-state index in [0.29, 0.717) is 12.5 Å². The number of nitrogens with zero attached hydrogens (tertiary/aromatic N) is 1. The lowest BCUT2D eigenvalue weighted by Gasteiger charge is -2.37. The molecule has 0 bridgehead atoms. The van der Waals surface area contributed by atoms with Gasteiger partial charge in [-0.15, -0.1) is 0 Å². The Kier molecular flexibility index (Phi) is 4.15. The SMILES string of the molecule is COc1cccc(C2C(N)CC(=O)N2C2CCCCC2)c1. The predicted molar refractivity (Wildman–Crippen MR) is 82.0 cm³/mol. The first kappa shape index (κ1) is 14.4. The summed E-state index contributed by atoms with van der Waals surface area (Å²) < 4.78 is 5.31. The number of hydrogen-bond donors (Lipinski definition) is 1. The van der Waals surface area contributed by atoms with Gasteiger partial charge in [-0.3, -0.25) is 4.79 Å². The van der Waals surface area contributed by atoms with Crippen LogP contribution in [0, 0.1) is 0 Å². The molecule has 2 fully saturated rings. The maximum absolute atomic E-state index is 12.4. The van der Waals surface area contributed by atoms with Crippen molar-refractivity contribution in [2.45, 2.75) is 56.7 Å². The number of amides is 1. The van der Waals surface area contributed by atoms with E-state index in [4.69, 9.17) is 10.5 Å². The van der Waals surface area contributed by atoms with Crippen molar-refractivity contribution in [2.75, 3.05) is 7.11 Å². The molecule has 0 radical (unpaired) electrons. The lowest BCUT2D eigenvalue weighted by molar-refractivity contribution is -0.132.